The van der Waals surface area contributed by atoms with Crippen molar-refractivity contribution in [3.05, 3.63) is 70.6 Å². The topological polar surface area (TPSA) is 69.0 Å². The average molecular weight is 265 g/mol. The second-order valence-corrected chi connectivity index (χ2v) is 4.31. The molecule has 1 N–H and O–H groups in total. The van der Waals surface area contributed by atoms with Gasteiger partial charge in [-0.25, -0.2) is 0 Å². The van der Waals surface area contributed by atoms with Crippen LogP contribution in [0.1, 0.15) is 12.0 Å². The summed E-state index contributed by atoms with van der Waals surface area (Å²) >= 11 is 0. The van der Waals surface area contributed by atoms with E-state index in [9.17, 15) is 5.11 Å². The molecule has 0 fully saturated rings. The fourth-order valence-electron chi connectivity index (χ4n) is 1.84. The van der Waals surface area contributed by atoms with E-state index in [4.69, 9.17) is 5.53 Å². The quantitative estimate of drug-likeness (QED) is 0.359. The highest BCUT2D eigenvalue weighted by Crippen LogP contribution is 2.22. The molecule has 0 saturated carbocycles. The third kappa shape index (κ3) is 3.90. The zero-order chi connectivity index (χ0) is 14.2. The summed E-state index contributed by atoms with van der Waals surface area (Å²) in [5.74, 6) is 0.272. The fraction of sp³-hybridized carbons (Fsp3) is 0.125. The van der Waals surface area contributed by atoms with Gasteiger partial charge in [0.2, 0.25) is 0 Å². The van der Waals surface area contributed by atoms with Crippen molar-refractivity contribution in [2.45, 2.75) is 6.42 Å². The van der Waals surface area contributed by atoms with Crippen LogP contribution in [0.5, 0.6) is 5.75 Å². The molecule has 100 valence electrons. The standard InChI is InChI=1S/C16H15N3O/c17-19-18-12-2-1-3-13-4-6-14(7-5-13)15-8-10-16(20)11-9-15/h1,3-11,20H,2,12H2. The first kappa shape index (κ1) is 13.7. The minimum atomic E-state index is 0.272. The van der Waals surface area contributed by atoms with E-state index in [2.05, 4.69) is 10.0 Å². The van der Waals surface area contributed by atoms with Crippen molar-refractivity contribution >= 4 is 6.08 Å². The zero-order valence-electron chi connectivity index (χ0n) is 11.0. The summed E-state index contributed by atoms with van der Waals surface area (Å²) in [5.41, 5.74) is 11.4. The van der Waals surface area contributed by atoms with E-state index in [1.165, 1.54) is 0 Å². The maximum absolute atomic E-state index is 9.27. The van der Waals surface area contributed by atoms with Crippen molar-refractivity contribution < 1.29 is 5.11 Å². The van der Waals surface area contributed by atoms with Crippen LogP contribution in [0.25, 0.3) is 27.6 Å². The first-order chi connectivity index (χ1) is 9.79. The van der Waals surface area contributed by atoms with Crippen LogP contribution in [-0.2, 0) is 0 Å². The molecule has 2 rings (SSSR count). The summed E-state index contributed by atoms with van der Waals surface area (Å²) < 4.78 is 0. The van der Waals surface area contributed by atoms with Gasteiger partial charge in [0, 0.05) is 11.5 Å². The van der Waals surface area contributed by atoms with E-state index in [-0.39, 0.29) is 5.75 Å². The predicted octanol–water partition coefficient (Wildman–Crippen LogP) is 4.77. The Bertz CT molecular complexity index is 624. The molecule has 0 aliphatic carbocycles. The fourth-order valence-corrected chi connectivity index (χ4v) is 1.84. The maximum Gasteiger partial charge on any atom is 0.115 e. The molecule has 2 aromatic rings. The van der Waals surface area contributed by atoms with E-state index in [0.29, 0.717) is 6.54 Å². The van der Waals surface area contributed by atoms with Gasteiger partial charge >= 0.3 is 0 Å². The summed E-state index contributed by atoms with van der Waals surface area (Å²) in [5, 5.41) is 12.7. The van der Waals surface area contributed by atoms with Crippen LogP contribution in [0.4, 0.5) is 0 Å². The molecule has 20 heavy (non-hydrogen) atoms. The van der Waals surface area contributed by atoms with Crippen molar-refractivity contribution in [1.82, 2.24) is 0 Å². The molecule has 0 aliphatic rings. The van der Waals surface area contributed by atoms with E-state index >= 15 is 0 Å². The highest BCUT2D eigenvalue weighted by molar-refractivity contribution is 5.66. The van der Waals surface area contributed by atoms with Crippen LogP contribution in [0, 0.1) is 0 Å². The van der Waals surface area contributed by atoms with Crippen LogP contribution < -0.4 is 0 Å². The minimum absolute atomic E-state index is 0.272. The second-order valence-electron chi connectivity index (χ2n) is 4.31. The largest absolute Gasteiger partial charge is 0.508 e. The Morgan fingerprint density at radius 2 is 1.60 bits per heavy atom. The summed E-state index contributed by atoms with van der Waals surface area (Å²) in [7, 11) is 0. The molecule has 0 bridgehead atoms. The molecule has 0 unspecified atom stereocenters. The third-order valence-electron chi connectivity index (χ3n) is 2.88. The molecular weight excluding hydrogens is 250 g/mol. The number of hydrogen-bond donors (Lipinski definition) is 1. The predicted molar refractivity (Wildman–Crippen MR) is 81.2 cm³/mol. The lowest BCUT2D eigenvalue weighted by molar-refractivity contribution is 0.475. The van der Waals surface area contributed by atoms with E-state index in [0.717, 1.165) is 23.1 Å². The highest BCUT2D eigenvalue weighted by atomic mass is 16.3. The molecule has 4 nitrogen and oxygen atoms in total. The molecule has 0 atom stereocenters. The first-order valence-electron chi connectivity index (χ1n) is 6.36. The third-order valence-corrected chi connectivity index (χ3v) is 2.88. The molecule has 0 saturated heterocycles. The van der Waals surface area contributed by atoms with Gasteiger partial charge in [-0.1, -0.05) is 53.7 Å². The summed E-state index contributed by atoms with van der Waals surface area (Å²) in [6.45, 7) is 0.485. The van der Waals surface area contributed by atoms with Gasteiger partial charge in [-0.2, -0.15) is 0 Å². The monoisotopic (exact) mass is 265 g/mol. The Morgan fingerprint density at radius 3 is 2.20 bits per heavy atom. The van der Waals surface area contributed by atoms with Crippen molar-refractivity contribution in [3.63, 3.8) is 0 Å². The summed E-state index contributed by atoms with van der Waals surface area (Å²) in [4.78, 5) is 2.70. The van der Waals surface area contributed by atoms with Crippen molar-refractivity contribution in [1.29, 1.82) is 0 Å². The molecule has 0 aromatic heterocycles. The molecule has 0 radical (unpaired) electrons. The number of benzene rings is 2. The highest BCUT2D eigenvalue weighted by Gasteiger charge is 1.97. The minimum Gasteiger partial charge on any atom is -0.508 e. The van der Waals surface area contributed by atoms with Crippen LogP contribution in [0.15, 0.2) is 59.7 Å². The number of azide groups is 1. The number of phenolic OH excluding ortho intramolecular Hbond substituents is 1. The lowest BCUT2D eigenvalue weighted by atomic mass is 10.0. The molecule has 0 aliphatic heterocycles. The van der Waals surface area contributed by atoms with Crippen LogP contribution >= 0.6 is 0 Å². The number of hydrogen-bond acceptors (Lipinski definition) is 2. The van der Waals surface area contributed by atoms with E-state index < -0.39 is 0 Å². The van der Waals surface area contributed by atoms with Gasteiger partial charge in [0.15, 0.2) is 0 Å². The molecule has 0 amide bonds. The lowest BCUT2D eigenvalue weighted by Crippen LogP contribution is -1.79. The lowest BCUT2D eigenvalue weighted by Gasteiger charge is -2.02. The first-order valence-corrected chi connectivity index (χ1v) is 6.36. The Balaban J connectivity index is 2.02. The van der Waals surface area contributed by atoms with Crippen LogP contribution in [0.2, 0.25) is 0 Å². The molecular formula is C16H15N3O. The molecule has 0 spiro atoms. The van der Waals surface area contributed by atoms with Gasteiger partial charge in [0.25, 0.3) is 0 Å². The number of rotatable bonds is 5. The van der Waals surface area contributed by atoms with Crippen molar-refractivity contribution in [2.75, 3.05) is 6.54 Å². The number of nitrogens with zero attached hydrogens (tertiary/aromatic N) is 3. The maximum atomic E-state index is 9.27. The smallest absolute Gasteiger partial charge is 0.115 e. The molecule has 2 aromatic carbocycles. The number of aromatic hydroxyl groups is 1. The van der Waals surface area contributed by atoms with E-state index in [1.54, 1.807) is 12.1 Å². The van der Waals surface area contributed by atoms with E-state index in [1.807, 2.05) is 48.6 Å². The average Bonchev–Trinajstić information content (AvgIpc) is 2.49. The number of phenols is 1. The van der Waals surface area contributed by atoms with Crippen molar-refractivity contribution in [3.8, 4) is 16.9 Å². The van der Waals surface area contributed by atoms with Crippen molar-refractivity contribution in [2.24, 2.45) is 5.11 Å². The SMILES string of the molecule is [N-]=[N+]=NCCC=Cc1ccc(-c2ccc(O)cc2)cc1. The van der Waals surface area contributed by atoms with Gasteiger partial charge in [-0.15, -0.1) is 0 Å². The summed E-state index contributed by atoms with van der Waals surface area (Å²) in [6, 6.07) is 15.3. The Kier molecular flexibility index (Phi) is 4.81. The van der Waals surface area contributed by atoms with Gasteiger partial charge < -0.3 is 5.11 Å². The van der Waals surface area contributed by atoms with Crippen LogP contribution in [-0.4, -0.2) is 11.7 Å². The molecule has 0 heterocycles. The van der Waals surface area contributed by atoms with Gasteiger partial charge in [0.05, 0.1) is 0 Å². The van der Waals surface area contributed by atoms with Gasteiger partial charge in [-0.3, -0.25) is 0 Å². The Labute approximate surface area is 117 Å². The molecule has 4 heteroatoms. The second kappa shape index (κ2) is 7.02. The van der Waals surface area contributed by atoms with Gasteiger partial charge in [0.1, 0.15) is 5.75 Å². The normalized spacial score (nSPS) is 10.4. The Hall–Kier alpha value is -2.71. The van der Waals surface area contributed by atoms with Crippen LogP contribution in [0.3, 0.4) is 0 Å². The van der Waals surface area contributed by atoms with Gasteiger partial charge in [-0.05, 0) is 40.8 Å². The zero-order valence-corrected chi connectivity index (χ0v) is 11.0. The summed E-state index contributed by atoms with van der Waals surface area (Å²) in [6.07, 6.45) is 4.74. The Morgan fingerprint density at radius 1 is 1.00 bits per heavy atom.